The lowest BCUT2D eigenvalue weighted by Crippen LogP contribution is -2.26. The molecule has 1 aromatic carbocycles. The summed E-state index contributed by atoms with van der Waals surface area (Å²) >= 11 is 0.872. The van der Waals surface area contributed by atoms with Gasteiger partial charge in [0, 0.05) is 5.56 Å². The molecule has 0 fully saturated rings. The van der Waals surface area contributed by atoms with Crippen molar-refractivity contribution < 1.29 is 14.3 Å². The van der Waals surface area contributed by atoms with Gasteiger partial charge in [0.1, 0.15) is 0 Å². The van der Waals surface area contributed by atoms with E-state index >= 15 is 0 Å². The lowest BCUT2D eigenvalue weighted by atomic mass is 10.2. The monoisotopic (exact) mass is 379 g/mol. The van der Waals surface area contributed by atoms with Crippen molar-refractivity contribution in [2.24, 2.45) is 5.10 Å². The maximum absolute atomic E-state index is 11.8. The third-order valence-electron chi connectivity index (χ3n) is 2.93. The summed E-state index contributed by atoms with van der Waals surface area (Å²) in [5.74, 6) is 0.532. The van der Waals surface area contributed by atoms with Crippen molar-refractivity contribution in [1.82, 2.24) is 20.6 Å². The first-order chi connectivity index (χ1) is 12.5. The van der Waals surface area contributed by atoms with Crippen molar-refractivity contribution in [2.75, 3.05) is 19.5 Å². The van der Waals surface area contributed by atoms with Gasteiger partial charge in [0.25, 0.3) is 5.56 Å². The Balaban J connectivity index is 1.96. The van der Waals surface area contributed by atoms with Gasteiger partial charge in [-0.25, -0.2) is 15.3 Å². The lowest BCUT2D eigenvalue weighted by Gasteiger charge is -2.11. The molecule has 2 rings (SSSR count). The molecule has 26 heavy (non-hydrogen) atoms. The number of benzene rings is 1. The Kier molecular flexibility index (Phi) is 6.97. The molecule has 138 valence electrons. The van der Waals surface area contributed by atoms with Crippen LogP contribution in [-0.4, -0.2) is 46.8 Å². The van der Waals surface area contributed by atoms with E-state index in [-0.39, 0.29) is 10.8 Å². The van der Waals surface area contributed by atoms with Gasteiger partial charge >= 0.3 is 5.69 Å². The molecule has 0 aliphatic carbocycles. The van der Waals surface area contributed by atoms with E-state index < -0.39 is 17.2 Å². The number of carbonyl (C=O) groups excluding carboxylic acids is 1. The van der Waals surface area contributed by atoms with Crippen LogP contribution in [0.1, 0.15) is 12.5 Å². The van der Waals surface area contributed by atoms with E-state index in [1.54, 1.807) is 18.2 Å². The highest BCUT2D eigenvalue weighted by Crippen LogP contribution is 2.29. The molecule has 3 N–H and O–H groups in total. The minimum atomic E-state index is -0.711. The standard InChI is InChI=1S/C15H17N5O5S/c1-3-25-12-9(5-4-6-10(12)24-2)7-16-18-11(21)8-26-14-13(22)17-15(23)20-19-14/h4-7H,3,8H2,1-2H3,(H,18,21)(H2,17,20,22,23)/b16-7+. The highest BCUT2D eigenvalue weighted by molar-refractivity contribution is 7.99. The molecule has 0 bridgehead atoms. The first-order valence-corrected chi connectivity index (χ1v) is 8.47. The summed E-state index contributed by atoms with van der Waals surface area (Å²) in [4.78, 5) is 36.2. The van der Waals surface area contributed by atoms with E-state index in [4.69, 9.17) is 9.47 Å². The minimum absolute atomic E-state index is 0.0184. The van der Waals surface area contributed by atoms with Crippen LogP contribution in [0.4, 0.5) is 0 Å². The normalized spacial score (nSPS) is 10.7. The van der Waals surface area contributed by atoms with Gasteiger partial charge in [-0.05, 0) is 19.1 Å². The molecule has 0 aliphatic rings. The molecule has 0 unspecified atom stereocenters. The Bertz CT molecular complexity index is 908. The van der Waals surface area contributed by atoms with Gasteiger partial charge in [0.05, 0.1) is 25.7 Å². The van der Waals surface area contributed by atoms with Crippen molar-refractivity contribution in [3.05, 3.63) is 44.6 Å². The van der Waals surface area contributed by atoms with Crippen LogP contribution >= 0.6 is 11.8 Å². The van der Waals surface area contributed by atoms with Gasteiger partial charge in [-0.15, -0.1) is 0 Å². The molecular formula is C15H17N5O5S. The molecule has 0 saturated carbocycles. The Morgan fingerprint density at radius 2 is 2.23 bits per heavy atom. The van der Waals surface area contributed by atoms with E-state index in [0.717, 1.165) is 11.8 Å². The fourth-order valence-corrected chi connectivity index (χ4v) is 2.49. The van der Waals surface area contributed by atoms with Crippen molar-refractivity contribution in [3.63, 3.8) is 0 Å². The first kappa shape index (κ1) is 19.2. The number of nitrogens with zero attached hydrogens (tertiary/aromatic N) is 2. The van der Waals surface area contributed by atoms with E-state index in [1.807, 2.05) is 11.9 Å². The van der Waals surface area contributed by atoms with Crippen LogP contribution in [0.25, 0.3) is 0 Å². The van der Waals surface area contributed by atoms with Crippen LogP contribution in [0.3, 0.4) is 0 Å². The van der Waals surface area contributed by atoms with Gasteiger partial charge in [0.15, 0.2) is 16.5 Å². The van der Waals surface area contributed by atoms with E-state index in [2.05, 4.69) is 20.7 Å². The molecular weight excluding hydrogens is 362 g/mol. The van der Waals surface area contributed by atoms with Crippen molar-refractivity contribution in [3.8, 4) is 11.5 Å². The van der Waals surface area contributed by atoms with Crippen molar-refractivity contribution in [2.45, 2.75) is 11.9 Å². The third-order valence-corrected chi connectivity index (χ3v) is 3.89. The average Bonchev–Trinajstić information content (AvgIpc) is 2.62. The Morgan fingerprint density at radius 1 is 1.42 bits per heavy atom. The Hall–Kier alpha value is -3.08. The fourth-order valence-electron chi connectivity index (χ4n) is 1.87. The number of ether oxygens (including phenoxy) is 2. The van der Waals surface area contributed by atoms with Crippen LogP contribution in [-0.2, 0) is 4.79 Å². The molecule has 1 aromatic heterocycles. The van der Waals surface area contributed by atoms with E-state index in [1.165, 1.54) is 13.3 Å². The van der Waals surface area contributed by atoms with Crippen molar-refractivity contribution >= 4 is 23.9 Å². The topological polar surface area (TPSA) is 139 Å². The zero-order valence-corrected chi connectivity index (χ0v) is 14.9. The Morgan fingerprint density at radius 3 is 2.92 bits per heavy atom. The number of aromatic amines is 2. The zero-order valence-electron chi connectivity index (χ0n) is 14.1. The van der Waals surface area contributed by atoms with Crippen LogP contribution in [0.15, 0.2) is 37.9 Å². The number of aromatic nitrogens is 3. The predicted octanol–water partition coefficient (Wildman–Crippen LogP) is 0.108. The number of hydrazone groups is 1. The van der Waals surface area contributed by atoms with E-state index in [9.17, 15) is 14.4 Å². The minimum Gasteiger partial charge on any atom is -0.493 e. The smallest absolute Gasteiger partial charge is 0.342 e. The summed E-state index contributed by atoms with van der Waals surface area (Å²) in [6.45, 7) is 2.30. The summed E-state index contributed by atoms with van der Waals surface area (Å²) in [5.41, 5.74) is 1.61. The van der Waals surface area contributed by atoms with Crippen LogP contribution in [0, 0.1) is 0 Å². The molecule has 0 atom stereocenters. The second-order valence-electron chi connectivity index (χ2n) is 4.71. The molecule has 1 amide bonds. The molecule has 1 heterocycles. The molecule has 0 saturated heterocycles. The molecule has 10 nitrogen and oxygen atoms in total. The van der Waals surface area contributed by atoms with Crippen LogP contribution in [0.5, 0.6) is 11.5 Å². The maximum atomic E-state index is 11.8. The lowest BCUT2D eigenvalue weighted by molar-refractivity contribution is -0.118. The highest BCUT2D eigenvalue weighted by Gasteiger charge is 2.09. The maximum Gasteiger partial charge on any atom is 0.342 e. The number of rotatable bonds is 8. The number of para-hydroxylation sites is 1. The third kappa shape index (κ3) is 5.21. The predicted molar refractivity (Wildman–Crippen MR) is 96.1 cm³/mol. The quantitative estimate of drug-likeness (QED) is 0.336. The fraction of sp³-hybridized carbons (Fsp3) is 0.267. The molecule has 2 aromatic rings. The highest BCUT2D eigenvalue weighted by atomic mass is 32.2. The second kappa shape index (κ2) is 9.42. The summed E-state index contributed by atoms with van der Waals surface area (Å²) < 4.78 is 10.8. The SMILES string of the molecule is CCOc1c(/C=N/NC(=O)CSc2n[nH]c(=O)[nH]c2=O)cccc1OC. The average molecular weight is 379 g/mol. The number of H-pyrrole nitrogens is 2. The number of methoxy groups -OCH3 is 1. The number of hydrogen-bond acceptors (Lipinski definition) is 8. The van der Waals surface area contributed by atoms with Gasteiger partial charge in [-0.3, -0.25) is 14.6 Å². The molecule has 0 aliphatic heterocycles. The number of amides is 1. The van der Waals surface area contributed by atoms with E-state index in [0.29, 0.717) is 23.7 Å². The summed E-state index contributed by atoms with van der Waals surface area (Å²) in [7, 11) is 1.53. The number of thioether (sulfide) groups is 1. The number of carbonyl (C=O) groups is 1. The summed E-state index contributed by atoms with van der Waals surface area (Å²) in [5, 5.41) is 9.50. The zero-order chi connectivity index (χ0) is 18.9. The Labute approximate surface area is 152 Å². The van der Waals surface area contributed by atoms with Gasteiger partial charge in [0.2, 0.25) is 5.91 Å². The summed E-state index contributed by atoms with van der Waals surface area (Å²) in [6.07, 6.45) is 1.43. The summed E-state index contributed by atoms with van der Waals surface area (Å²) in [6, 6.07) is 5.29. The first-order valence-electron chi connectivity index (χ1n) is 7.48. The van der Waals surface area contributed by atoms with Gasteiger partial charge < -0.3 is 9.47 Å². The largest absolute Gasteiger partial charge is 0.493 e. The van der Waals surface area contributed by atoms with Crippen LogP contribution in [0.2, 0.25) is 0 Å². The molecule has 11 heteroatoms. The number of hydrogen-bond donors (Lipinski definition) is 3. The van der Waals surface area contributed by atoms with Crippen LogP contribution < -0.4 is 26.1 Å². The second-order valence-corrected chi connectivity index (χ2v) is 5.67. The van der Waals surface area contributed by atoms with Crippen molar-refractivity contribution in [1.29, 1.82) is 0 Å². The molecule has 0 spiro atoms. The van der Waals surface area contributed by atoms with Gasteiger partial charge in [-0.2, -0.15) is 10.2 Å². The number of nitrogens with one attached hydrogen (secondary N) is 3. The van der Waals surface area contributed by atoms with Gasteiger partial charge in [-0.1, -0.05) is 17.8 Å². The molecule has 0 radical (unpaired) electrons.